The molecule has 1 atom stereocenters. The van der Waals surface area contributed by atoms with E-state index < -0.39 is 23.6 Å². The minimum Gasteiger partial charge on any atom is -0.481 e. The first-order chi connectivity index (χ1) is 10.8. The second kappa shape index (κ2) is 9.62. The lowest BCUT2D eigenvalue weighted by molar-refractivity contribution is -0.141. The highest BCUT2D eigenvalue weighted by Gasteiger charge is 2.22. The molecule has 7 heteroatoms. The third kappa shape index (κ3) is 6.66. The summed E-state index contributed by atoms with van der Waals surface area (Å²) in [6, 6.07) is 3.93. The van der Waals surface area contributed by atoms with Gasteiger partial charge in [0, 0.05) is 36.3 Å². The van der Waals surface area contributed by atoms with Crippen LogP contribution in [0.2, 0.25) is 0 Å². The lowest BCUT2D eigenvalue weighted by Crippen LogP contribution is -2.38. The summed E-state index contributed by atoms with van der Waals surface area (Å²) in [7, 11) is 0. The number of hydrogen-bond donors (Lipinski definition) is 1. The number of amides is 1. The van der Waals surface area contributed by atoms with E-state index in [1.165, 1.54) is 24.0 Å². The molecule has 5 nitrogen and oxygen atoms in total. The minimum absolute atomic E-state index is 0.0639. The molecule has 23 heavy (non-hydrogen) atoms. The number of ether oxygens (including phenoxy) is 1. The Hall–Kier alpha value is -1.47. The van der Waals surface area contributed by atoms with Crippen molar-refractivity contribution in [2.45, 2.75) is 20.3 Å². The van der Waals surface area contributed by atoms with Crippen LogP contribution in [0.25, 0.3) is 0 Å². The highest BCUT2D eigenvalue weighted by Crippen LogP contribution is 2.17. The first-order valence-electron chi connectivity index (χ1n) is 7.41. The van der Waals surface area contributed by atoms with Gasteiger partial charge in [0.2, 0.25) is 0 Å². The van der Waals surface area contributed by atoms with Crippen LogP contribution in [0, 0.1) is 11.7 Å². The summed E-state index contributed by atoms with van der Waals surface area (Å²) in [5.41, 5.74) is 0.186. The molecule has 1 aromatic carbocycles. The third-order valence-corrected chi connectivity index (χ3v) is 3.69. The van der Waals surface area contributed by atoms with Crippen LogP contribution in [0.3, 0.4) is 0 Å². The van der Waals surface area contributed by atoms with Crippen molar-refractivity contribution in [1.29, 1.82) is 0 Å². The molecule has 0 heterocycles. The molecule has 1 rings (SSSR count). The quantitative estimate of drug-likeness (QED) is 0.658. The van der Waals surface area contributed by atoms with E-state index in [4.69, 9.17) is 9.84 Å². The van der Waals surface area contributed by atoms with Gasteiger partial charge in [-0.15, -0.1) is 0 Å². The van der Waals surface area contributed by atoms with Gasteiger partial charge in [0.15, 0.2) is 0 Å². The Morgan fingerprint density at radius 3 is 2.65 bits per heavy atom. The first-order valence-corrected chi connectivity index (χ1v) is 8.20. The van der Waals surface area contributed by atoms with Gasteiger partial charge < -0.3 is 14.7 Å². The SMILES string of the molecule is CCOCCCN(CC(C)C(=O)O)C(=O)c1cc(F)cc(Br)c1. The van der Waals surface area contributed by atoms with Crippen LogP contribution in [0.4, 0.5) is 4.39 Å². The molecule has 1 amide bonds. The fourth-order valence-electron chi connectivity index (χ4n) is 2.05. The Labute approximate surface area is 143 Å². The predicted octanol–water partition coefficient (Wildman–Crippen LogP) is 3.18. The fraction of sp³-hybridized carbons (Fsp3) is 0.500. The zero-order valence-corrected chi connectivity index (χ0v) is 14.8. The zero-order valence-electron chi connectivity index (χ0n) is 13.2. The Morgan fingerprint density at radius 1 is 1.39 bits per heavy atom. The van der Waals surface area contributed by atoms with Crippen molar-refractivity contribution in [3.05, 3.63) is 34.1 Å². The Balaban J connectivity index is 2.87. The summed E-state index contributed by atoms with van der Waals surface area (Å²) < 4.78 is 19.2. The van der Waals surface area contributed by atoms with Crippen LogP contribution in [-0.4, -0.2) is 48.2 Å². The topological polar surface area (TPSA) is 66.8 Å². The van der Waals surface area contributed by atoms with Gasteiger partial charge in [-0.25, -0.2) is 4.39 Å². The molecule has 0 bridgehead atoms. The molecule has 0 aliphatic heterocycles. The second-order valence-electron chi connectivity index (χ2n) is 5.20. The van der Waals surface area contributed by atoms with E-state index in [0.29, 0.717) is 30.7 Å². The molecule has 0 radical (unpaired) electrons. The van der Waals surface area contributed by atoms with Crippen LogP contribution >= 0.6 is 15.9 Å². The second-order valence-corrected chi connectivity index (χ2v) is 6.11. The number of benzene rings is 1. The smallest absolute Gasteiger partial charge is 0.308 e. The van der Waals surface area contributed by atoms with Crippen molar-refractivity contribution in [2.75, 3.05) is 26.3 Å². The average molecular weight is 390 g/mol. The van der Waals surface area contributed by atoms with Crippen molar-refractivity contribution in [3.8, 4) is 0 Å². The zero-order chi connectivity index (χ0) is 17.4. The van der Waals surface area contributed by atoms with Crippen LogP contribution in [-0.2, 0) is 9.53 Å². The first kappa shape index (κ1) is 19.6. The molecule has 1 unspecified atom stereocenters. The summed E-state index contributed by atoms with van der Waals surface area (Å²) in [4.78, 5) is 25.1. The van der Waals surface area contributed by atoms with E-state index in [0.717, 1.165) is 6.07 Å². The molecule has 0 spiro atoms. The number of rotatable bonds is 9. The maximum atomic E-state index is 13.5. The maximum Gasteiger partial charge on any atom is 0.308 e. The number of carboxylic acid groups (broad SMARTS) is 1. The number of carbonyl (C=O) groups is 2. The van der Waals surface area contributed by atoms with Gasteiger partial charge in [0.25, 0.3) is 5.91 Å². The standard InChI is InChI=1S/C16H21BrFNO4/c1-3-23-6-4-5-19(10-11(2)16(21)22)15(20)12-7-13(17)9-14(18)8-12/h7-9,11H,3-6,10H2,1-2H3,(H,21,22). The number of aliphatic carboxylic acids is 1. The van der Waals surface area contributed by atoms with E-state index in [9.17, 15) is 14.0 Å². The van der Waals surface area contributed by atoms with E-state index in [-0.39, 0.29) is 12.1 Å². The molecule has 128 valence electrons. The van der Waals surface area contributed by atoms with Gasteiger partial charge in [-0.1, -0.05) is 22.9 Å². The number of nitrogens with zero attached hydrogens (tertiary/aromatic N) is 1. The molecule has 0 aliphatic rings. The molecular formula is C16H21BrFNO4. The molecule has 0 aliphatic carbocycles. The molecule has 1 aromatic rings. The van der Waals surface area contributed by atoms with Crippen LogP contribution in [0.1, 0.15) is 30.6 Å². The lowest BCUT2D eigenvalue weighted by Gasteiger charge is -2.25. The monoisotopic (exact) mass is 389 g/mol. The van der Waals surface area contributed by atoms with E-state index >= 15 is 0 Å². The summed E-state index contributed by atoms with van der Waals surface area (Å²) in [6.07, 6.45) is 0.586. The van der Waals surface area contributed by atoms with E-state index in [2.05, 4.69) is 15.9 Å². The van der Waals surface area contributed by atoms with E-state index in [1.54, 1.807) is 0 Å². The third-order valence-electron chi connectivity index (χ3n) is 3.23. The van der Waals surface area contributed by atoms with Crippen molar-refractivity contribution in [1.82, 2.24) is 4.90 Å². The fourth-order valence-corrected chi connectivity index (χ4v) is 2.51. The highest BCUT2D eigenvalue weighted by atomic mass is 79.9. The number of carbonyl (C=O) groups excluding carboxylic acids is 1. The molecule has 1 N–H and O–H groups in total. The van der Waals surface area contributed by atoms with Gasteiger partial charge in [-0.3, -0.25) is 9.59 Å². The summed E-state index contributed by atoms with van der Waals surface area (Å²) in [5.74, 6) is -2.60. The van der Waals surface area contributed by atoms with Crippen molar-refractivity contribution >= 4 is 27.8 Å². The van der Waals surface area contributed by atoms with Gasteiger partial charge >= 0.3 is 5.97 Å². The lowest BCUT2D eigenvalue weighted by atomic mass is 10.1. The van der Waals surface area contributed by atoms with Crippen LogP contribution in [0.15, 0.2) is 22.7 Å². The maximum absolute atomic E-state index is 13.5. The Bertz CT molecular complexity index is 533. The number of hydrogen-bond acceptors (Lipinski definition) is 3. The highest BCUT2D eigenvalue weighted by molar-refractivity contribution is 9.10. The molecule has 0 saturated carbocycles. The van der Waals surface area contributed by atoms with E-state index in [1.807, 2.05) is 6.92 Å². The van der Waals surface area contributed by atoms with Crippen molar-refractivity contribution in [2.24, 2.45) is 5.92 Å². The van der Waals surface area contributed by atoms with Crippen molar-refractivity contribution in [3.63, 3.8) is 0 Å². The van der Waals surface area contributed by atoms with Gasteiger partial charge in [0.1, 0.15) is 5.82 Å². The summed E-state index contributed by atoms with van der Waals surface area (Å²) in [6.45, 7) is 4.89. The summed E-state index contributed by atoms with van der Waals surface area (Å²) >= 11 is 3.15. The molecule has 0 saturated heterocycles. The van der Waals surface area contributed by atoms with Gasteiger partial charge in [0.05, 0.1) is 5.92 Å². The van der Waals surface area contributed by atoms with Gasteiger partial charge in [-0.05, 0) is 31.5 Å². The Morgan fingerprint density at radius 2 is 2.09 bits per heavy atom. The molecular weight excluding hydrogens is 369 g/mol. The molecule has 0 fully saturated rings. The average Bonchev–Trinajstić information content (AvgIpc) is 2.48. The van der Waals surface area contributed by atoms with Crippen LogP contribution < -0.4 is 0 Å². The molecule has 0 aromatic heterocycles. The number of carboxylic acids is 1. The van der Waals surface area contributed by atoms with Gasteiger partial charge in [-0.2, -0.15) is 0 Å². The minimum atomic E-state index is -0.979. The Kier molecular flexibility index (Phi) is 8.19. The largest absolute Gasteiger partial charge is 0.481 e. The normalized spacial score (nSPS) is 12.0. The van der Waals surface area contributed by atoms with Crippen LogP contribution in [0.5, 0.6) is 0 Å². The number of halogens is 2. The van der Waals surface area contributed by atoms with Crippen molar-refractivity contribution < 1.29 is 23.8 Å². The predicted molar refractivity (Wildman–Crippen MR) is 87.9 cm³/mol. The summed E-state index contributed by atoms with van der Waals surface area (Å²) in [5, 5.41) is 9.05.